The first-order valence-electron chi connectivity index (χ1n) is 9.33. The molecule has 0 unspecified atom stereocenters. The van der Waals surface area contributed by atoms with Crippen LogP contribution in [0.1, 0.15) is 35.8 Å². The van der Waals surface area contributed by atoms with E-state index in [1.165, 1.54) is 24.0 Å². The number of hydrogen-bond donors (Lipinski definition) is 0. The summed E-state index contributed by atoms with van der Waals surface area (Å²) in [5, 5.41) is 13.0. The lowest BCUT2D eigenvalue weighted by molar-refractivity contribution is -0.0385. The second kappa shape index (κ2) is 6.06. The zero-order valence-electron chi connectivity index (χ0n) is 15.2. The molecule has 2 aliphatic rings. The summed E-state index contributed by atoms with van der Waals surface area (Å²) in [7, 11) is 0. The van der Waals surface area contributed by atoms with Crippen molar-refractivity contribution in [3.63, 3.8) is 0 Å². The van der Waals surface area contributed by atoms with Crippen molar-refractivity contribution in [2.24, 2.45) is 5.92 Å². The minimum atomic E-state index is 0.0754. The van der Waals surface area contributed by atoms with Gasteiger partial charge in [-0.25, -0.2) is 0 Å². The highest BCUT2D eigenvalue weighted by atomic mass is 16.5. The summed E-state index contributed by atoms with van der Waals surface area (Å²) in [4.78, 5) is 2.44. The molecular formula is C20H23N5O. The van der Waals surface area contributed by atoms with Crippen LogP contribution in [0.3, 0.4) is 0 Å². The van der Waals surface area contributed by atoms with Crippen molar-refractivity contribution < 1.29 is 4.74 Å². The number of nitrogens with zero attached hydrogens (tertiary/aromatic N) is 5. The van der Waals surface area contributed by atoms with Gasteiger partial charge in [0.05, 0.1) is 17.5 Å². The lowest BCUT2D eigenvalue weighted by atomic mass is 10.0. The van der Waals surface area contributed by atoms with Crippen molar-refractivity contribution in [3.05, 3.63) is 53.5 Å². The molecule has 3 aromatic rings. The van der Waals surface area contributed by atoms with E-state index in [9.17, 15) is 0 Å². The minimum Gasteiger partial charge on any atom is -0.366 e. The number of ether oxygens (including phenoxy) is 1. The monoisotopic (exact) mass is 349 g/mol. The molecule has 2 atom stereocenters. The van der Waals surface area contributed by atoms with Crippen LogP contribution in [0.25, 0.3) is 5.65 Å². The molecule has 6 heteroatoms. The van der Waals surface area contributed by atoms with Crippen LogP contribution in [0.4, 0.5) is 5.69 Å². The first kappa shape index (κ1) is 15.8. The van der Waals surface area contributed by atoms with Crippen molar-refractivity contribution >= 4 is 11.3 Å². The summed E-state index contributed by atoms with van der Waals surface area (Å²) >= 11 is 0. The van der Waals surface area contributed by atoms with Crippen LogP contribution in [-0.4, -0.2) is 39.0 Å². The highest BCUT2D eigenvalue weighted by Gasteiger charge is 2.39. The number of morpholine rings is 1. The van der Waals surface area contributed by atoms with Crippen LogP contribution < -0.4 is 4.90 Å². The molecule has 1 aliphatic carbocycles. The first-order chi connectivity index (χ1) is 12.7. The average Bonchev–Trinajstić information content (AvgIpc) is 3.43. The van der Waals surface area contributed by atoms with Gasteiger partial charge in [-0.1, -0.05) is 30.3 Å². The zero-order valence-corrected chi connectivity index (χ0v) is 15.2. The summed E-state index contributed by atoms with van der Waals surface area (Å²) in [5.41, 5.74) is 5.40. The molecule has 0 radical (unpaired) electrons. The molecular weight excluding hydrogens is 326 g/mol. The van der Waals surface area contributed by atoms with Gasteiger partial charge in [0.25, 0.3) is 0 Å². The van der Waals surface area contributed by atoms with E-state index in [4.69, 9.17) is 4.74 Å². The molecule has 2 aromatic heterocycles. The Bertz CT molecular complexity index is 934. The van der Waals surface area contributed by atoms with Gasteiger partial charge in [0.1, 0.15) is 12.4 Å². The molecule has 0 amide bonds. The Hall–Kier alpha value is -2.47. The largest absolute Gasteiger partial charge is 0.366 e. The Morgan fingerprint density at radius 1 is 1.08 bits per heavy atom. The van der Waals surface area contributed by atoms with Crippen LogP contribution >= 0.6 is 0 Å². The van der Waals surface area contributed by atoms with E-state index in [-0.39, 0.29) is 12.2 Å². The predicted molar refractivity (Wildman–Crippen MR) is 99.2 cm³/mol. The number of fused-ring (bicyclic) bond motifs is 1. The fourth-order valence-electron chi connectivity index (χ4n) is 3.96. The van der Waals surface area contributed by atoms with Crippen molar-refractivity contribution in [1.82, 2.24) is 19.8 Å². The molecule has 1 aromatic carbocycles. The van der Waals surface area contributed by atoms with Gasteiger partial charge >= 0.3 is 0 Å². The summed E-state index contributed by atoms with van der Waals surface area (Å²) in [5.74, 6) is 0.682. The molecule has 0 spiro atoms. The molecule has 0 bridgehead atoms. The lowest BCUT2D eigenvalue weighted by Gasteiger charge is -2.40. The maximum atomic E-state index is 6.51. The van der Waals surface area contributed by atoms with Gasteiger partial charge in [-0.05, 0) is 43.7 Å². The van der Waals surface area contributed by atoms with Gasteiger partial charge < -0.3 is 9.64 Å². The molecule has 1 aliphatic heterocycles. The lowest BCUT2D eigenvalue weighted by Crippen LogP contribution is -2.45. The molecule has 2 fully saturated rings. The number of aryl methyl sites for hydroxylation is 1. The summed E-state index contributed by atoms with van der Waals surface area (Å²) in [6.07, 6.45) is 4.57. The predicted octanol–water partition coefficient (Wildman–Crippen LogP) is 3.10. The Morgan fingerprint density at radius 2 is 1.88 bits per heavy atom. The first-order valence-corrected chi connectivity index (χ1v) is 9.33. The SMILES string of the molecule is Cc1nn2cnnc2c(N2C[C@@H](c3ccccc3)O[C@@H](C3CC3)C2)c1C. The van der Waals surface area contributed by atoms with Crippen LogP contribution in [0.15, 0.2) is 36.7 Å². The Morgan fingerprint density at radius 3 is 2.65 bits per heavy atom. The topological polar surface area (TPSA) is 55.5 Å². The number of benzene rings is 1. The van der Waals surface area contributed by atoms with Crippen LogP contribution in [0.5, 0.6) is 0 Å². The average molecular weight is 349 g/mol. The molecule has 6 nitrogen and oxygen atoms in total. The van der Waals surface area contributed by atoms with E-state index < -0.39 is 0 Å². The van der Waals surface area contributed by atoms with Gasteiger partial charge in [0.15, 0.2) is 0 Å². The maximum absolute atomic E-state index is 6.51. The van der Waals surface area contributed by atoms with Crippen LogP contribution in [0, 0.1) is 19.8 Å². The fourth-order valence-corrected chi connectivity index (χ4v) is 3.96. The Labute approximate surface area is 152 Å². The van der Waals surface area contributed by atoms with E-state index in [1.807, 2.05) is 6.92 Å². The number of hydrogen-bond acceptors (Lipinski definition) is 5. The van der Waals surface area contributed by atoms with Gasteiger partial charge in [-0.2, -0.15) is 9.61 Å². The van der Waals surface area contributed by atoms with E-state index in [0.717, 1.165) is 30.1 Å². The van der Waals surface area contributed by atoms with Gasteiger partial charge in [-0.3, -0.25) is 0 Å². The van der Waals surface area contributed by atoms with E-state index in [2.05, 4.69) is 57.5 Å². The van der Waals surface area contributed by atoms with Gasteiger partial charge in [0.2, 0.25) is 5.65 Å². The molecule has 3 heterocycles. The standard InChI is InChI=1S/C20H23N5O/c1-13-14(2)23-25-12-21-22-20(25)19(13)24-10-17(15-6-4-3-5-7-15)26-18(11-24)16-8-9-16/h3-7,12,16-18H,8-11H2,1-2H3/t17-,18+/m0/s1. The van der Waals surface area contributed by atoms with E-state index in [1.54, 1.807) is 10.8 Å². The van der Waals surface area contributed by atoms with Crippen LogP contribution in [0.2, 0.25) is 0 Å². The third kappa shape index (κ3) is 2.65. The van der Waals surface area contributed by atoms with Crippen molar-refractivity contribution in [2.75, 3.05) is 18.0 Å². The van der Waals surface area contributed by atoms with E-state index >= 15 is 0 Å². The number of anilines is 1. The highest BCUT2D eigenvalue weighted by Crippen LogP contribution is 2.41. The van der Waals surface area contributed by atoms with Gasteiger partial charge in [0, 0.05) is 13.1 Å². The second-order valence-electron chi connectivity index (χ2n) is 7.47. The molecule has 134 valence electrons. The van der Waals surface area contributed by atoms with E-state index in [0.29, 0.717) is 5.92 Å². The number of aromatic nitrogens is 4. The zero-order chi connectivity index (χ0) is 17.7. The third-order valence-electron chi connectivity index (χ3n) is 5.66. The fraction of sp³-hybridized carbons (Fsp3) is 0.450. The Kier molecular flexibility index (Phi) is 3.67. The molecule has 0 N–H and O–H groups in total. The summed E-state index contributed by atoms with van der Waals surface area (Å²) < 4.78 is 8.30. The van der Waals surface area contributed by atoms with Gasteiger partial charge in [-0.15, -0.1) is 10.2 Å². The summed E-state index contributed by atoms with van der Waals surface area (Å²) in [6, 6.07) is 10.5. The third-order valence-corrected chi connectivity index (χ3v) is 5.66. The summed E-state index contributed by atoms with van der Waals surface area (Å²) in [6.45, 7) is 5.90. The minimum absolute atomic E-state index is 0.0754. The number of rotatable bonds is 3. The van der Waals surface area contributed by atoms with Crippen molar-refractivity contribution in [1.29, 1.82) is 0 Å². The maximum Gasteiger partial charge on any atom is 0.201 e. The molecule has 1 saturated carbocycles. The highest BCUT2D eigenvalue weighted by molar-refractivity contribution is 5.73. The smallest absolute Gasteiger partial charge is 0.201 e. The molecule has 5 rings (SSSR count). The molecule has 1 saturated heterocycles. The second-order valence-corrected chi connectivity index (χ2v) is 7.47. The Balaban J connectivity index is 1.57. The molecule has 26 heavy (non-hydrogen) atoms. The van der Waals surface area contributed by atoms with Crippen molar-refractivity contribution in [3.8, 4) is 0 Å². The normalized spacial score (nSPS) is 23.5. The van der Waals surface area contributed by atoms with Crippen LogP contribution in [-0.2, 0) is 4.74 Å². The quantitative estimate of drug-likeness (QED) is 0.727. The van der Waals surface area contributed by atoms with Crippen molar-refractivity contribution in [2.45, 2.75) is 38.9 Å².